The number of carboxylic acid groups (broad SMARTS) is 1. The topological polar surface area (TPSA) is 91.8 Å². The van der Waals surface area contributed by atoms with Gasteiger partial charge in [0.2, 0.25) is 5.91 Å². The molecule has 6 nitrogen and oxygen atoms in total. The van der Waals surface area contributed by atoms with Crippen LogP contribution < -0.4 is 0 Å². The van der Waals surface area contributed by atoms with Gasteiger partial charge in [0.25, 0.3) is 0 Å². The van der Waals surface area contributed by atoms with Gasteiger partial charge in [-0.05, 0) is 13.3 Å². The average Bonchev–Trinajstić information content (AvgIpc) is 2.57. The second-order valence-corrected chi connectivity index (χ2v) is 6.08. The van der Waals surface area contributed by atoms with Crippen molar-refractivity contribution in [1.82, 2.24) is 4.90 Å². The predicted molar refractivity (Wildman–Crippen MR) is 61.2 cm³/mol. The Morgan fingerprint density at radius 2 is 2.06 bits per heavy atom. The Morgan fingerprint density at radius 3 is 2.47 bits per heavy atom. The third-order valence-electron chi connectivity index (χ3n) is 2.64. The molecule has 1 aliphatic heterocycles. The number of nitrogens with zero attached hydrogens (tertiary/aromatic N) is 1. The summed E-state index contributed by atoms with van der Waals surface area (Å²) in [6, 6.07) is -0.337. The van der Waals surface area contributed by atoms with Crippen LogP contribution in [0, 0.1) is 0 Å². The fourth-order valence-electron chi connectivity index (χ4n) is 1.85. The lowest BCUT2D eigenvalue weighted by atomic mass is 10.2. The number of rotatable bonds is 4. The van der Waals surface area contributed by atoms with Crippen LogP contribution in [0.15, 0.2) is 12.2 Å². The zero-order valence-electron chi connectivity index (χ0n) is 9.50. The number of carboxylic acids is 1. The standard InChI is InChI=1S/C10H15NO5S/c1-2-11(9(12)3-4-10(13)14)8-5-6-17(15,16)7-8/h3-4,8H,2,5-7H2,1H3,(H,13,14). The zero-order chi connectivity index (χ0) is 13.1. The summed E-state index contributed by atoms with van der Waals surface area (Å²) in [5, 5.41) is 8.41. The van der Waals surface area contributed by atoms with Crippen LogP contribution in [0.4, 0.5) is 0 Å². The van der Waals surface area contributed by atoms with Crippen LogP contribution in [0.2, 0.25) is 0 Å². The molecular weight excluding hydrogens is 246 g/mol. The van der Waals surface area contributed by atoms with Crippen molar-refractivity contribution in [3.63, 3.8) is 0 Å². The monoisotopic (exact) mass is 261 g/mol. The summed E-state index contributed by atoms with van der Waals surface area (Å²) in [6.45, 7) is 2.10. The highest BCUT2D eigenvalue weighted by molar-refractivity contribution is 7.91. The van der Waals surface area contributed by atoms with Gasteiger partial charge >= 0.3 is 5.97 Å². The third-order valence-corrected chi connectivity index (χ3v) is 4.39. The van der Waals surface area contributed by atoms with Crippen LogP contribution in [-0.4, -0.2) is 54.4 Å². The third kappa shape index (κ3) is 3.85. The number of carbonyl (C=O) groups excluding carboxylic acids is 1. The molecule has 0 spiro atoms. The molecule has 0 aromatic rings. The lowest BCUT2D eigenvalue weighted by molar-refractivity contribution is -0.132. The highest BCUT2D eigenvalue weighted by Crippen LogP contribution is 2.17. The van der Waals surface area contributed by atoms with Crippen LogP contribution in [0.5, 0.6) is 0 Å². The molecule has 0 radical (unpaired) electrons. The number of hydrogen-bond acceptors (Lipinski definition) is 4. The van der Waals surface area contributed by atoms with Crippen molar-refractivity contribution in [3.8, 4) is 0 Å². The highest BCUT2D eigenvalue weighted by Gasteiger charge is 2.33. The molecule has 0 saturated carbocycles. The molecule has 1 unspecified atom stereocenters. The van der Waals surface area contributed by atoms with E-state index >= 15 is 0 Å². The Morgan fingerprint density at radius 1 is 1.41 bits per heavy atom. The van der Waals surface area contributed by atoms with E-state index in [0.29, 0.717) is 13.0 Å². The number of carbonyl (C=O) groups is 2. The quantitative estimate of drug-likeness (QED) is 0.699. The van der Waals surface area contributed by atoms with Crippen molar-refractivity contribution in [3.05, 3.63) is 12.2 Å². The fraction of sp³-hybridized carbons (Fsp3) is 0.600. The van der Waals surface area contributed by atoms with Crippen LogP contribution in [0.1, 0.15) is 13.3 Å². The number of likely N-dealkylation sites (N-methyl/N-ethyl adjacent to an activating group) is 1. The highest BCUT2D eigenvalue weighted by atomic mass is 32.2. The summed E-state index contributed by atoms with van der Waals surface area (Å²) in [7, 11) is -3.05. The summed E-state index contributed by atoms with van der Waals surface area (Å²) in [6.07, 6.45) is 2.13. The summed E-state index contributed by atoms with van der Waals surface area (Å²) < 4.78 is 22.6. The second kappa shape index (κ2) is 5.31. The van der Waals surface area contributed by atoms with Crippen LogP contribution in [-0.2, 0) is 19.4 Å². The number of hydrogen-bond donors (Lipinski definition) is 1. The Labute approximate surface area is 99.8 Å². The maximum atomic E-state index is 11.7. The van der Waals surface area contributed by atoms with Crippen molar-refractivity contribution in [2.75, 3.05) is 18.1 Å². The predicted octanol–water partition coefficient (Wildman–Crippen LogP) is -0.337. The summed E-state index contributed by atoms with van der Waals surface area (Å²) in [5.41, 5.74) is 0. The molecule has 1 amide bonds. The number of amides is 1. The molecule has 0 bridgehead atoms. The van der Waals surface area contributed by atoms with Gasteiger partial charge in [-0.1, -0.05) is 0 Å². The van der Waals surface area contributed by atoms with E-state index in [0.717, 1.165) is 12.2 Å². The molecule has 0 aromatic carbocycles. The van der Waals surface area contributed by atoms with Crippen molar-refractivity contribution < 1.29 is 23.1 Å². The van der Waals surface area contributed by atoms with Crippen LogP contribution in [0.3, 0.4) is 0 Å². The molecule has 1 fully saturated rings. The molecule has 1 rings (SSSR count). The van der Waals surface area contributed by atoms with Gasteiger partial charge in [0.1, 0.15) is 0 Å². The Bertz CT molecular complexity index is 440. The first kappa shape index (κ1) is 13.7. The van der Waals surface area contributed by atoms with E-state index in [1.54, 1.807) is 6.92 Å². The first-order valence-electron chi connectivity index (χ1n) is 5.27. The lowest BCUT2D eigenvalue weighted by Crippen LogP contribution is -2.40. The Balaban J connectivity index is 2.72. The maximum absolute atomic E-state index is 11.7. The maximum Gasteiger partial charge on any atom is 0.328 e. The minimum absolute atomic E-state index is 0.0342. The summed E-state index contributed by atoms with van der Waals surface area (Å²) in [5.74, 6) is -1.61. The smallest absolute Gasteiger partial charge is 0.328 e. The minimum Gasteiger partial charge on any atom is -0.478 e. The van der Waals surface area contributed by atoms with E-state index in [1.165, 1.54) is 4.90 Å². The van der Waals surface area contributed by atoms with Gasteiger partial charge in [0, 0.05) is 24.7 Å². The molecule has 0 aliphatic carbocycles. The molecule has 1 aliphatic rings. The zero-order valence-corrected chi connectivity index (χ0v) is 10.3. The first-order chi connectivity index (χ1) is 7.85. The summed E-state index contributed by atoms with van der Waals surface area (Å²) in [4.78, 5) is 23.3. The van der Waals surface area contributed by atoms with Crippen LogP contribution in [0.25, 0.3) is 0 Å². The molecule has 1 saturated heterocycles. The molecule has 17 heavy (non-hydrogen) atoms. The van der Waals surface area contributed by atoms with Gasteiger partial charge in [0.05, 0.1) is 11.5 Å². The van der Waals surface area contributed by atoms with E-state index in [2.05, 4.69) is 0 Å². The van der Waals surface area contributed by atoms with Gasteiger partial charge in [-0.2, -0.15) is 0 Å². The SMILES string of the molecule is CCN(C(=O)C=CC(=O)O)C1CCS(=O)(=O)C1. The van der Waals surface area contributed by atoms with E-state index in [1.807, 2.05) is 0 Å². The van der Waals surface area contributed by atoms with Crippen molar-refractivity contribution in [2.45, 2.75) is 19.4 Å². The minimum atomic E-state index is -3.05. The van der Waals surface area contributed by atoms with Crippen molar-refractivity contribution in [1.29, 1.82) is 0 Å². The number of aliphatic carboxylic acids is 1. The van der Waals surface area contributed by atoms with Gasteiger partial charge < -0.3 is 10.0 Å². The van der Waals surface area contributed by atoms with E-state index < -0.39 is 21.7 Å². The average molecular weight is 261 g/mol. The molecule has 7 heteroatoms. The van der Waals surface area contributed by atoms with E-state index in [4.69, 9.17) is 5.11 Å². The van der Waals surface area contributed by atoms with Crippen molar-refractivity contribution in [2.24, 2.45) is 0 Å². The van der Waals surface area contributed by atoms with Gasteiger partial charge in [-0.3, -0.25) is 4.79 Å². The van der Waals surface area contributed by atoms with Gasteiger partial charge in [-0.25, -0.2) is 13.2 Å². The number of sulfone groups is 1. The molecular formula is C10H15NO5S. The normalized spacial score (nSPS) is 22.8. The van der Waals surface area contributed by atoms with E-state index in [-0.39, 0.29) is 17.5 Å². The van der Waals surface area contributed by atoms with Gasteiger partial charge in [0.15, 0.2) is 9.84 Å². The van der Waals surface area contributed by atoms with Crippen molar-refractivity contribution >= 4 is 21.7 Å². The molecule has 0 aromatic heterocycles. The Hall–Kier alpha value is -1.37. The molecule has 1 heterocycles. The lowest BCUT2D eigenvalue weighted by Gasteiger charge is -2.25. The second-order valence-electron chi connectivity index (χ2n) is 3.85. The first-order valence-corrected chi connectivity index (χ1v) is 7.10. The van der Waals surface area contributed by atoms with Crippen LogP contribution >= 0.6 is 0 Å². The largest absolute Gasteiger partial charge is 0.478 e. The fourth-order valence-corrected chi connectivity index (χ4v) is 3.58. The molecule has 1 N–H and O–H groups in total. The Kier molecular flexibility index (Phi) is 4.28. The van der Waals surface area contributed by atoms with E-state index in [9.17, 15) is 18.0 Å². The molecule has 96 valence electrons. The summed E-state index contributed by atoms with van der Waals surface area (Å²) >= 11 is 0. The van der Waals surface area contributed by atoms with Gasteiger partial charge in [-0.15, -0.1) is 0 Å². The molecule has 1 atom stereocenters.